The summed E-state index contributed by atoms with van der Waals surface area (Å²) in [4.78, 5) is 0. The van der Waals surface area contributed by atoms with E-state index in [9.17, 15) is 0 Å². The van der Waals surface area contributed by atoms with Crippen LogP contribution in [0, 0.1) is 11.3 Å². The quantitative estimate of drug-likeness (QED) is 0.829. The molecular formula is C14H12ClN3. The van der Waals surface area contributed by atoms with E-state index in [1.807, 2.05) is 30.3 Å². The van der Waals surface area contributed by atoms with Gasteiger partial charge >= 0.3 is 0 Å². The number of halogens is 1. The number of nitriles is 1. The Morgan fingerprint density at radius 1 is 1.22 bits per heavy atom. The van der Waals surface area contributed by atoms with Crippen molar-refractivity contribution in [3.8, 4) is 6.07 Å². The predicted octanol–water partition coefficient (Wildman–Crippen LogP) is 3.41. The molecule has 3 nitrogen and oxygen atoms in total. The number of nitrogens with zero attached hydrogens (tertiary/aromatic N) is 1. The molecule has 0 aromatic heterocycles. The number of hydrogen-bond acceptors (Lipinski definition) is 3. The molecule has 0 amide bonds. The maximum Gasteiger partial charge on any atom is 0.101 e. The topological polar surface area (TPSA) is 61.8 Å². The van der Waals surface area contributed by atoms with E-state index in [2.05, 4.69) is 11.4 Å². The van der Waals surface area contributed by atoms with Gasteiger partial charge in [-0.1, -0.05) is 23.7 Å². The van der Waals surface area contributed by atoms with Gasteiger partial charge in [-0.05, 0) is 35.9 Å². The van der Waals surface area contributed by atoms with Crippen molar-refractivity contribution in [1.29, 1.82) is 5.26 Å². The predicted molar refractivity (Wildman–Crippen MR) is 74.3 cm³/mol. The molecule has 90 valence electrons. The highest BCUT2D eigenvalue weighted by Gasteiger charge is 2.00. The van der Waals surface area contributed by atoms with Gasteiger partial charge in [0.2, 0.25) is 0 Å². The van der Waals surface area contributed by atoms with Crippen molar-refractivity contribution >= 4 is 23.0 Å². The smallest absolute Gasteiger partial charge is 0.101 e. The van der Waals surface area contributed by atoms with Gasteiger partial charge in [0.1, 0.15) is 6.07 Å². The number of rotatable bonds is 3. The molecule has 0 heterocycles. The Hall–Kier alpha value is -2.18. The van der Waals surface area contributed by atoms with Crippen LogP contribution < -0.4 is 11.1 Å². The van der Waals surface area contributed by atoms with E-state index in [0.717, 1.165) is 11.3 Å². The monoisotopic (exact) mass is 257 g/mol. The van der Waals surface area contributed by atoms with Crippen LogP contribution in [0.25, 0.3) is 0 Å². The van der Waals surface area contributed by atoms with E-state index in [0.29, 0.717) is 22.8 Å². The number of nitrogens with one attached hydrogen (secondary N) is 1. The first-order valence-electron chi connectivity index (χ1n) is 5.47. The van der Waals surface area contributed by atoms with Crippen LogP contribution >= 0.6 is 11.6 Å². The zero-order chi connectivity index (χ0) is 13.0. The maximum atomic E-state index is 8.89. The fraction of sp³-hybridized carbons (Fsp3) is 0.0714. The number of anilines is 2. The zero-order valence-electron chi connectivity index (χ0n) is 9.65. The summed E-state index contributed by atoms with van der Waals surface area (Å²) < 4.78 is 0. The van der Waals surface area contributed by atoms with E-state index < -0.39 is 0 Å². The fourth-order valence-corrected chi connectivity index (χ4v) is 1.83. The second-order valence-electron chi connectivity index (χ2n) is 3.90. The molecule has 0 aliphatic heterocycles. The number of nitrogens with two attached hydrogens (primary N) is 1. The summed E-state index contributed by atoms with van der Waals surface area (Å²) in [6.45, 7) is 0.648. The Kier molecular flexibility index (Phi) is 3.71. The lowest BCUT2D eigenvalue weighted by molar-refractivity contribution is 1.15. The minimum absolute atomic E-state index is 0.478. The van der Waals surface area contributed by atoms with Crippen LogP contribution in [0.15, 0.2) is 42.5 Å². The molecule has 2 rings (SSSR count). The molecule has 2 aromatic rings. The van der Waals surface area contributed by atoms with E-state index in [4.69, 9.17) is 22.6 Å². The van der Waals surface area contributed by atoms with Gasteiger partial charge in [-0.2, -0.15) is 5.26 Å². The average molecular weight is 258 g/mol. The van der Waals surface area contributed by atoms with E-state index >= 15 is 0 Å². The molecule has 0 saturated heterocycles. The first-order valence-corrected chi connectivity index (χ1v) is 5.85. The summed E-state index contributed by atoms with van der Waals surface area (Å²) in [5.41, 5.74) is 8.57. The standard InChI is InChI=1S/C14H12ClN3/c15-12-3-1-2-10(6-12)9-18-13-4-5-14(17)11(7-13)8-16/h1-7,18H,9,17H2. The zero-order valence-corrected chi connectivity index (χ0v) is 10.4. The highest BCUT2D eigenvalue weighted by atomic mass is 35.5. The second-order valence-corrected chi connectivity index (χ2v) is 4.33. The Balaban J connectivity index is 2.09. The molecule has 0 aliphatic carbocycles. The van der Waals surface area contributed by atoms with Crippen LogP contribution in [0.2, 0.25) is 5.02 Å². The summed E-state index contributed by atoms with van der Waals surface area (Å²) in [5.74, 6) is 0. The molecule has 0 unspecified atom stereocenters. The summed E-state index contributed by atoms with van der Waals surface area (Å²) in [6, 6.07) is 15.0. The lowest BCUT2D eigenvalue weighted by atomic mass is 10.1. The van der Waals surface area contributed by atoms with Gasteiger partial charge < -0.3 is 11.1 Å². The SMILES string of the molecule is N#Cc1cc(NCc2cccc(Cl)c2)ccc1N. The van der Waals surface area contributed by atoms with E-state index in [-0.39, 0.29) is 0 Å². The largest absolute Gasteiger partial charge is 0.398 e. The van der Waals surface area contributed by atoms with Gasteiger partial charge in [-0.25, -0.2) is 0 Å². The summed E-state index contributed by atoms with van der Waals surface area (Å²) in [5, 5.41) is 12.8. The maximum absolute atomic E-state index is 8.89. The number of nitrogen functional groups attached to an aromatic ring is 1. The summed E-state index contributed by atoms with van der Waals surface area (Å²) in [7, 11) is 0. The molecule has 2 aromatic carbocycles. The van der Waals surface area contributed by atoms with Gasteiger partial charge in [0, 0.05) is 22.9 Å². The molecule has 0 spiro atoms. The van der Waals surface area contributed by atoms with Gasteiger partial charge in [0.25, 0.3) is 0 Å². The molecule has 0 aliphatic rings. The van der Waals surface area contributed by atoms with Crippen molar-refractivity contribution < 1.29 is 0 Å². The molecule has 18 heavy (non-hydrogen) atoms. The van der Waals surface area contributed by atoms with Crippen LogP contribution in [0.5, 0.6) is 0 Å². The fourth-order valence-electron chi connectivity index (χ4n) is 1.61. The third kappa shape index (κ3) is 2.93. The molecule has 4 heteroatoms. The van der Waals surface area contributed by atoms with Crippen LogP contribution in [-0.2, 0) is 6.54 Å². The van der Waals surface area contributed by atoms with Crippen molar-refractivity contribution in [1.82, 2.24) is 0 Å². The lowest BCUT2D eigenvalue weighted by Gasteiger charge is -2.08. The Morgan fingerprint density at radius 3 is 2.78 bits per heavy atom. The second kappa shape index (κ2) is 5.44. The summed E-state index contributed by atoms with van der Waals surface area (Å²) in [6.07, 6.45) is 0. The molecule has 0 atom stereocenters. The molecule has 0 radical (unpaired) electrons. The summed E-state index contributed by atoms with van der Waals surface area (Å²) >= 11 is 5.91. The van der Waals surface area contributed by atoms with Gasteiger partial charge in [-0.15, -0.1) is 0 Å². The third-order valence-electron chi connectivity index (χ3n) is 2.56. The first-order chi connectivity index (χ1) is 8.69. The van der Waals surface area contributed by atoms with Crippen LogP contribution in [0.4, 0.5) is 11.4 Å². The lowest BCUT2D eigenvalue weighted by Crippen LogP contribution is -2.00. The van der Waals surface area contributed by atoms with Gasteiger partial charge in [-0.3, -0.25) is 0 Å². The minimum Gasteiger partial charge on any atom is -0.398 e. The molecular weight excluding hydrogens is 246 g/mol. The van der Waals surface area contributed by atoms with E-state index in [1.54, 1.807) is 12.1 Å². The molecule has 0 saturated carbocycles. The van der Waals surface area contributed by atoms with Crippen molar-refractivity contribution in [3.05, 3.63) is 58.6 Å². The Morgan fingerprint density at radius 2 is 2.06 bits per heavy atom. The van der Waals surface area contributed by atoms with Crippen LogP contribution in [0.1, 0.15) is 11.1 Å². The third-order valence-corrected chi connectivity index (χ3v) is 2.79. The van der Waals surface area contributed by atoms with Crippen LogP contribution in [-0.4, -0.2) is 0 Å². The Labute approximate surface area is 111 Å². The molecule has 0 fully saturated rings. The van der Waals surface area contributed by atoms with E-state index in [1.165, 1.54) is 0 Å². The molecule has 3 N–H and O–H groups in total. The Bertz CT molecular complexity index is 602. The first kappa shape index (κ1) is 12.3. The van der Waals surface area contributed by atoms with Crippen molar-refractivity contribution in [2.24, 2.45) is 0 Å². The van der Waals surface area contributed by atoms with Crippen LogP contribution in [0.3, 0.4) is 0 Å². The number of benzene rings is 2. The minimum atomic E-state index is 0.478. The van der Waals surface area contributed by atoms with Gasteiger partial charge in [0.15, 0.2) is 0 Å². The van der Waals surface area contributed by atoms with Crippen molar-refractivity contribution in [3.63, 3.8) is 0 Å². The van der Waals surface area contributed by atoms with Gasteiger partial charge in [0.05, 0.1) is 5.56 Å². The highest BCUT2D eigenvalue weighted by molar-refractivity contribution is 6.30. The number of hydrogen-bond donors (Lipinski definition) is 2. The molecule has 0 bridgehead atoms. The highest BCUT2D eigenvalue weighted by Crippen LogP contribution is 2.18. The van der Waals surface area contributed by atoms with Crippen molar-refractivity contribution in [2.75, 3.05) is 11.1 Å². The van der Waals surface area contributed by atoms with Crippen molar-refractivity contribution in [2.45, 2.75) is 6.54 Å². The average Bonchev–Trinajstić information content (AvgIpc) is 2.38. The normalized spacial score (nSPS) is 9.78.